The van der Waals surface area contributed by atoms with Gasteiger partial charge in [-0.25, -0.2) is 0 Å². The molecule has 0 bridgehead atoms. The van der Waals surface area contributed by atoms with Crippen LogP contribution in [0.25, 0.3) is 10.9 Å². The van der Waals surface area contributed by atoms with Crippen molar-refractivity contribution in [3.63, 3.8) is 0 Å². The third kappa shape index (κ3) is 1.19. The minimum Gasteiger partial charge on any atom is -0.495 e. The van der Waals surface area contributed by atoms with Gasteiger partial charge in [-0.15, -0.1) is 0 Å². The lowest BCUT2D eigenvalue weighted by Gasteiger charge is -2.04. The third-order valence-corrected chi connectivity index (χ3v) is 2.32. The van der Waals surface area contributed by atoms with Gasteiger partial charge in [0.15, 0.2) is 5.82 Å². The number of benzene rings is 1. The van der Waals surface area contributed by atoms with Crippen molar-refractivity contribution in [3.8, 4) is 11.8 Å². The van der Waals surface area contributed by atoms with E-state index < -0.39 is 0 Å². The number of ether oxygens (including phenoxy) is 1. The predicted octanol–water partition coefficient (Wildman–Crippen LogP) is 1.04. The molecule has 2 aromatic rings. The lowest BCUT2D eigenvalue weighted by Crippen LogP contribution is -1.91. The zero-order valence-electron chi connectivity index (χ0n) is 8.48. The first kappa shape index (κ1) is 9.34. The number of nitrogen functional groups attached to an aromatic ring is 1. The molecule has 0 aliphatic rings. The summed E-state index contributed by atoms with van der Waals surface area (Å²) in [5.74, 6) is 0.863. The van der Waals surface area contributed by atoms with Gasteiger partial charge in [-0.05, 0) is 12.1 Å². The number of aromatic nitrogens is 2. The van der Waals surface area contributed by atoms with E-state index in [0.29, 0.717) is 22.5 Å². The fourth-order valence-electron chi connectivity index (χ4n) is 1.66. The normalized spacial score (nSPS) is 10.2. The molecule has 0 fully saturated rings. The Hall–Kier alpha value is -2.22. The Morgan fingerprint density at radius 1 is 1.53 bits per heavy atom. The molecule has 0 atom stereocenters. The van der Waals surface area contributed by atoms with Gasteiger partial charge in [-0.3, -0.25) is 4.68 Å². The minimum absolute atomic E-state index is 0.376. The van der Waals surface area contributed by atoms with Gasteiger partial charge in [-0.2, -0.15) is 10.4 Å². The number of anilines is 1. The topological polar surface area (TPSA) is 76.9 Å². The van der Waals surface area contributed by atoms with Crippen molar-refractivity contribution >= 4 is 16.7 Å². The standard InChI is InChI=1S/C10H10N4O/c1-14-7-4-3-6(5-11)9(15-2)8(7)10(12)13-14/h3-4H,1-2H3,(H2,12,13). The van der Waals surface area contributed by atoms with Gasteiger partial charge in [-0.1, -0.05) is 0 Å². The van der Waals surface area contributed by atoms with Crippen molar-refractivity contribution in [2.45, 2.75) is 0 Å². The molecule has 1 aromatic carbocycles. The number of nitriles is 1. The van der Waals surface area contributed by atoms with Crippen LogP contribution in [-0.2, 0) is 7.05 Å². The summed E-state index contributed by atoms with van der Waals surface area (Å²) in [7, 11) is 3.31. The Morgan fingerprint density at radius 3 is 2.87 bits per heavy atom. The molecule has 5 heteroatoms. The van der Waals surface area contributed by atoms with E-state index >= 15 is 0 Å². The number of methoxy groups -OCH3 is 1. The number of rotatable bonds is 1. The first-order valence-corrected chi connectivity index (χ1v) is 4.38. The summed E-state index contributed by atoms with van der Waals surface area (Å²) in [5, 5.41) is 13.7. The molecule has 0 aliphatic carbocycles. The first-order chi connectivity index (χ1) is 7.19. The second-order valence-corrected chi connectivity index (χ2v) is 3.16. The van der Waals surface area contributed by atoms with Gasteiger partial charge in [0.05, 0.1) is 23.6 Å². The lowest BCUT2D eigenvalue weighted by molar-refractivity contribution is 0.418. The van der Waals surface area contributed by atoms with E-state index in [1.54, 1.807) is 23.9 Å². The highest BCUT2D eigenvalue weighted by atomic mass is 16.5. The van der Waals surface area contributed by atoms with Crippen LogP contribution in [0.4, 0.5) is 5.82 Å². The third-order valence-electron chi connectivity index (χ3n) is 2.32. The maximum Gasteiger partial charge on any atom is 0.157 e. The molecule has 1 heterocycles. The Labute approximate surface area is 86.7 Å². The van der Waals surface area contributed by atoms with Gasteiger partial charge >= 0.3 is 0 Å². The quantitative estimate of drug-likeness (QED) is 0.749. The van der Waals surface area contributed by atoms with Gasteiger partial charge in [0.25, 0.3) is 0 Å². The Morgan fingerprint density at radius 2 is 2.27 bits per heavy atom. The minimum atomic E-state index is 0.376. The highest BCUT2D eigenvalue weighted by Gasteiger charge is 2.14. The summed E-state index contributed by atoms with van der Waals surface area (Å²) < 4.78 is 6.85. The van der Waals surface area contributed by atoms with Crippen LogP contribution >= 0.6 is 0 Å². The zero-order chi connectivity index (χ0) is 11.0. The van der Waals surface area contributed by atoms with Crippen LogP contribution < -0.4 is 10.5 Å². The number of fused-ring (bicyclic) bond motifs is 1. The smallest absolute Gasteiger partial charge is 0.157 e. The van der Waals surface area contributed by atoms with E-state index in [2.05, 4.69) is 11.2 Å². The highest BCUT2D eigenvalue weighted by molar-refractivity contribution is 5.96. The molecule has 0 aliphatic heterocycles. The molecule has 0 radical (unpaired) electrons. The summed E-state index contributed by atoms with van der Waals surface area (Å²) in [6.07, 6.45) is 0. The summed E-state index contributed by atoms with van der Waals surface area (Å²) in [6.45, 7) is 0. The van der Waals surface area contributed by atoms with E-state index in [1.165, 1.54) is 7.11 Å². The largest absolute Gasteiger partial charge is 0.495 e. The lowest BCUT2D eigenvalue weighted by atomic mass is 10.1. The van der Waals surface area contributed by atoms with Crippen LogP contribution in [0, 0.1) is 11.3 Å². The SMILES string of the molecule is COc1c(C#N)ccc2c1c(N)nn2C. The molecule has 0 saturated heterocycles. The molecule has 5 nitrogen and oxygen atoms in total. The summed E-state index contributed by atoms with van der Waals surface area (Å²) in [6, 6.07) is 5.56. The van der Waals surface area contributed by atoms with Crippen molar-refractivity contribution in [2.75, 3.05) is 12.8 Å². The Balaban J connectivity index is 2.94. The molecule has 15 heavy (non-hydrogen) atoms. The fraction of sp³-hybridized carbons (Fsp3) is 0.200. The molecule has 0 spiro atoms. The number of hydrogen-bond donors (Lipinski definition) is 1. The molecular formula is C10H10N4O. The molecule has 2 N–H and O–H groups in total. The van der Waals surface area contributed by atoms with E-state index in [4.69, 9.17) is 15.7 Å². The van der Waals surface area contributed by atoms with Gasteiger partial charge in [0.1, 0.15) is 11.8 Å². The van der Waals surface area contributed by atoms with Gasteiger partial charge in [0, 0.05) is 7.05 Å². The second kappa shape index (κ2) is 3.17. The maximum absolute atomic E-state index is 8.91. The zero-order valence-corrected chi connectivity index (χ0v) is 8.48. The fourth-order valence-corrected chi connectivity index (χ4v) is 1.66. The van der Waals surface area contributed by atoms with Crippen molar-refractivity contribution in [1.29, 1.82) is 5.26 Å². The molecular weight excluding hydrogens is 192 g/mol. The Bertz CT molecular complexity index is 565. The number of aryl methyl sites for hydroxylation is 1. The average molecular weight is 202 g/mol. The van der Waals surface area contributed by atoms with Crippen LogP contribution in [-0.4, -0.2) is 16.9 Å². The van der Waals surface area contributed by atoms with Crippen molar-refractivity contribution in [2.24, 2.45) is 7.05 Å². The second-order valence-electron chi connectivity index (χ2n) is 3.16. The molecule has 0 amide bonds. The molecule has 0 unspecified atom stereocenters. The van der Waals surface area contributed by atoms with E-state index in [9.17, 15) is 0 Å². The van der Waals surface area contributed by atoms with Crippen LogP contribution in [0.1, 0.15) is 5.56 Å². The van der Waals surface area contributed by atoms with Crippen molar-refractivity contribution in [1.82, 2.24) is 9.78 Å². The molecule has 76 valence electrons. The number of hydrogen-bond acceptors (Lipinski definition) is 4. The first-order valence-electron chi connectivity index (χ1n) is 4.38. The van der Waals surface area contributed by atoms with Crippen LogP contribution in [0.2, 0.25) is 0 Å². The summed E-state index contributed by atoms with van der Waals surface area (Å²) in [4.78, 5) is 0. The van der Waals surface area contributed by atoms with E-state index in [1.807, 2.05) is 0 Å². The predicted molar refractivity (Wildman–Crippen MR) is 56.4 cm³/mol. The van der Waals surface area contributed by atoms with E-state index in [0.717, 1.165) is 5.52 Å². The van der Waals surface area contributed by atoms with Crippen molar-refractivity contribution < 1.29 is 4.74 Å². The highest BCUT2D eigenvalue weighted by Crippen LogP contribution is 2.32. The monoisotopic (exact) mass is 202 g/mol. The van der Waals surface area contributed by atoms with Gasteiger partial charge < -0.3 is 10.5 Å². The van der Waals surface area contributed by atoms with Crippen LogP contribution in [0.5, 0.6) is 5.75 Å². The molecule has 0 saturated carbocycles. The number of nitrogens with two attached hydrogens (primary N) is 1. The Kier molecular flexibility index (Phi) is 1.97. The maximum atomic E-state index is 8.91. The van der Waals surface area contributed by atoms with E-state index in [-0.39, 0.29) is 0 Å². The summed E-state index contributed by atoms with van der Waals surface area (Å²) >= 11 is 0. The van der Waals surface area contributed by atoms with Crippen LogP contribution in [0.15, 0.2) is 12.1 Å². The molecule has 2 rings (SSSR count). The summed E-state index contributed by atoms with van der Waals surface area (Å²) in [5.41, 5.74) is 7.07. The molecule has 1 aromatic heterocycles. The van der Waals surface area contributed by atoms with Crippen molar-refractivity contribution in [3.05, 3.63) is 17.7 Å². The average Bonchev–Trinajstić information content (AvgIpc) is 2.53. The number of nitrogens with zero attached hydrogens (tertiary/aromatic N) is 3. The van der Waals surface area contributed by atoms with Crippen LogP contribution in [0.3, 0.4) is 0 Å². The van der Waals surface area contributed by atoms with Gasteiger partial charge in [0.2, 0.25) is 0 Å².